The van der Waals surface area contributed by atoms with E-state index >= 15 is 0 Å². The lowest BCUT2D eigenvalue weighted by Gasteiger charge is -2.28. The first-order valence-electron chi connectivity index (χ1n) is 10.5. The molecule has 6 heteroatoms. The van der Waals surface area contributed by atoms with E-state index in [2.05, 4.69) is 6.07 Å². The molecule has 4 aromatic carbocycles. The quantitative estimate of drug-likeness (QED) is 0.307. The van der Waals surface area contributed by atoms with Gasteiger partial charge < -0.3 is 15.2 Å². The Labute approximate surface area is 189 Å². The minimum atomic E-state index is -0.452. The molecule has 0 amide bonds. The first kappa shape index (κ1) is 19.1. The number of nitrogens with zero attached hydrogens (tertiary/aromatic N) is 3. The maximum atomic E-state index is 10.0. The van der Waals surface area contributed by atoms with Crippen molar-refractivity contribution in [3.8, 4) is 17.6 Å². The lowest BCUT2D eigenvalue weighted by Crippen LogP contribution is -2.22. The molecule has 0 saturated heterocycles. The average Bonchev–Trinajstić information content (AvgIpc) is 2.87. The zero-order chi connectivity index (χ0) is 22.5. The number of fused-ring (bicyclic) bond motifs is 7. The van der Waals surface area contributed by atoms with Crippen LogP contribution in [-0.4, -0.2) is 17.1 Å². The molecule has 1 aliphatic rings. The number of benzene rings is 4. The van der Waals surface area contributed by atoms with E-state index in [1.807, 2.05) is 72.8 Å². The topological polar surface area (TPSA) is 94.0 Å². The molecular weight excluding hydrogens is 412 g/mol. The summed E-state index contributed by atoms with van der Waals surface area (Å²) in [6.45, 7) is 0. The molecule has 0 bridgehead atoms. The molecule has 0 saturated carbocycles. The Morgan fingerprint density at radius 1 is 0.879 bits per heavy atom. The molecule has 2 heterocycles. The molecule has 6 rings (SSSR count). The molecule has 6 nitrogen and oxygen atoms in total. The van der Waals surface area contributed by atoms with Crippen molar-refractivity contribution in [3.63, 3.8) is 0 Å². The Kier molecular flexibility index (Phi) is 4.17. The van der Waals surface area contributed by atoms with Crippen LogP contribution in [-0.2, 0) is 0 Å². The van der Waals surface area contributed by atoms with Crippen molar-refractivity contribution in [2.75, 3.05) is 7.11 Å². The fraction of sp³-hybridized carbons (Fsp3) is 0.0741. The summed E-state index contributed by atoms with van der Waals surface area (Å²) in [5.74, 6) is 0.993. The molecule has 5 aromatic rings. The number of hydrogen-bond acceptors (Lipinski definition) is 6. The number of rotatable bonds is 2. The van der Waals surface area contributed by atoms with E-state index in [0.717, 1.165) is 44.2 Å². The van der Waals surface area contributed by atoms with Crippen LogP contribution in [0.2, 0.25) is 0 Å². The van der Waals surface area contributed by atoms with Gasteiger partial charge in [0.1, 0.15) is 23.1 Å². The fourth-order valence-corrected chi connectivity index (χ4v) is 4.59. The number of methoxy groups -OCH3 is 1. The minimum Gasteiger partial charge on any atom is -0.497 e. The maximum Gasteiger partial charge on any atom is 0.205 e. The zero-order valence-corrected chi connectivity index (χ0v) is 17.7. The monoisotopic (exact) mass is 430 g/mol. The van der Waals surface area contributed by atoms with Gasteiger partial charge in [0.25, 0.3) is 0 Å². The summed E-state index contributed by atoms with van der Waals surface area (Å²) >= 11 is 0. The van der Waals surface area contributed by atoms with Gasteiger partial charge in [-0.1, -0.05) is 48.5 Å². The van der Waals surface area contributed by atoms with E-state index in [4.69, 9.17) is 25.2 Å². The zero-order valence-electron chi connectivity index (χ0n) is 17.7. The summed E-state index contributed by atoms with van der Waals surface area (Å²) in [6, 6.07) is 25.6. The first-order valence-corrected chi connectivity index (χ1v) is 10.5. The van der Waals surface area contributed by atoms with E-state index in [0.29, 0.717) is 16.8 Å². The third-order valence-electron chi connectivity index (χ3n) is 6.12. The predicted molar refractivity (Wildman–Crippen MR) is 127 cm³/mol. The van der Waals surface area contributed by atoms with E-state index in [1.54, 1.807) is 7.11 Å². The molecule has 158 valence electrons. The molecule has 1 atom stereocenters. The molecular formula is C27H18N4O2. The second kappa shape index (κ2) is 7.21. The molecule has 0 radical (unpaired) electrons. The number of para-hydroxylation sites is 2. The lowest BCUT2D eigenvalue weighted by atomic mass is 9.81. The van der Waals surface area contributed by atoms with E-state index < -0.39 is 5.92 Å². The Bertz CT molecular complexity index is 1650. The number of allylic oxidation sites excluding steroid dienone is 1. The molecule has 0 fully saturated rings. The van der Waals surface area contributed by atoms with Crippen LogP contribution in [0, 0.1) is 11.3 Å². The van der Waals surface area contributed by atoms with Gasteiger partial charge in [-0.2, -0.15) is 5.26 Å². The lowest BCUT2D eigenvalue weighted by molar-refractivity contribution is 0.399. The summed E-state index contributed by atoms with van der Waals surface area (Å²) < 4.78 is 11.4. The average molecular weight is 430 g/mol. The highest BCUT2D eigenvalue weighted by Gasteiger charge is 2.35. The van der Waals surface area contributed by atoms with Crippen LogP contribution >= 0.6 is 0 Å². The first-order chi connectivity index (χ1) is 16.2. The maximum absolute atomic E-state index is 10.0. The molecule has 1 unspecified atom stereocenters. The van der Waals surface area contributed by atoms with Gasteiger partial charge in [-0.25, -0.2) is 9.97 Å². The van der Waals surface area contributed by atoms with Crippen molar-refractivity contribution in [2.45, 2.75) is 5.92 Å². The number of aromatic nitrogens is 2. The highest BCUT2D eigenvalue weighted by Crippen LogP contribution is 2.49. The van der Waals surface area contributed by atoms with Crippen LogP contribution in [0.3, 0.4) is 0 Å². The van der Waals surface area contributed by atoms with Gasteiger partial charge in [0.2, 0.25) is 5.88 Å². The Morgan fingerprint density at radius 3 is 2.18 bits per heavy atom. The molecule has 2 N–H and O–H groups in total. The second-order valence-corrected chi connectivity index (χ2v) is 7.90. The Hall–Kier alpha value is -4.63. The Balaban J connectivity index is 1.78. The van der Waals surface area contributed by atoms with E-state index in [9.17, 15) is 5.26 Å². The van der Waals surface area contributed by atoms with Crippen LogP contribution in [0.25, 0.3) is 32.8 Å². The number of nitriles is 1. The van der Waals surface area contributed by atoms with Gasteiger partial charge in [-0.05, 0) is 29.8 Å². The van der Waals surface area contributed by atoms with Crippen LogP contribution in [0.1, 0.15) is 17.0 Å². The van der Waals surface area contributed by atoms with Crippen molar-refractivity contribution in [1.29, 1.82) is 5.26 Å². The molecule has 33 heavy (non-hydrogen) atoms. The third-order valence-corrected chi connectivity index (χ3v) is 6.12. The normalized spacial score (nSPS) is 15.3. The molecule has 1 aromatic heterocycles. The van der Waals surface area contributed by atoms with Crippen LogP contribution in [0.5, 0.6) is 11.5 Å². The van der Waals surface area contributed by atoms with Gasteiger partial charge in [-0.3, -0.25) is 0 Å². The predicted octanol–water partition coefficient (Wildman–Crippen LogP) is 5.16. The van der Waals surface area contributed by atoms with E-state index in [1.165, 1.54) is 0 Å². The number of hydrogen-bond donors (Lipinski definition) is 1. The van der Waals surface area contributed by atoms with Crippen molar-refractivity contribution in [3.05, 3.63) is 95.4 Å². The SMILES string of the molecule is COc1ccc(C2C(C#N)=C(N)Oc3c2c2nc4ccccc4nc2c2ccccc32)cc1. The van der Waals surface area contributed by atoms with Crippen molar-refractivity contribution in [1.82, 2.24) is 9.97 Å². The van der Waals surface area contributed by atoms with Crippen LogP contribution in [0.4, 0.5) is 0 Å². The van der Waals surface area contributed by atoms with Gasteiger partial charge in [0, 0.05) is 16.3 Å². The molecule has 0 spiro atoms. The van der Waals surface area contributed by atoms with Gasteiger partial charge >= 0.3 is 0 Å². The fourth-order valence-electron chi connectivity index (χ4n) is 4.59. The second-order valence-electron chi connectivity index (χ2n) is 7.90. The number of ether oxygens (including phenoxy) is 2. The highest BCUT2D eigenvalue weighted by molar-refractivity contribution is 6.11. The van der Waals surface area contributed by atoms with Crippen molar-refractivity contribution < 1.29 is 9.47 Å². The largest absolute Gasteiger partial charge is 0.497 e. The van der Waals surface area contributed by atoms with E-state index in [-0.39, 0.29) is 5.88 Å². The van der Waals surface area contributed by atoms with Crippen molar-refractivity contribution >= 4 is 32.8 Å². The standard InChI is InChI=1S/C27H18N4O2/c1-32-16-12-10-15(11-13-16)22-19(14-28)27(29)33-26-18-7-3-2-6-17(18)24-25(23(22)26)31-21-9-5-4-8-20(21)30-24/h2-13,22H,29H2,1H3. The summed E-state index contributed by atoms with van der Waals surface area (Å²) in [6.07, 6.45) is 0. The summed E-state index contributed by atoms with van der Waals surface area (Å²) in [5.41, 5.74) is 11.4. The van der Waals surface area contributed by atoms with Crippen LogP contribution < -0.4 is 15.2 Å². The third kappa shape index (κ3) is 2.80. The van der Waals surface area contributed by atoms with Crippen molar-refractivity contribution in [2.24, 2.45) is 5.73 Å². The summed E-state index contributed by atoms with van der Waals surface area (Å²) in [5, 5.41) is 11.8. The molecule has 1 aliphatic heterocycles. The summed E-state index contributed by atoms with van der Waals surface area (Å²) in [4.78, 5) is 9.98. The number of nitrogens with two attached hydrogens (primary N) is 1. The molecule has 0 aliphatic carbocycles. The smallest absolute Gasteiger partial charge is 0.205 e. The van der Waals surface area contributed by atoms with Gasteiger partial charge in [0.05, 0.1) is 35.1 Å². The Morgan fingerprint density at radius 2 is 1.52 bits per heavy atom. The summed E-state index contributed by atoms with van der Waals surface area (Å²) in [7, 11) is 1.62. The van der Waals surface area contributed by atoms with Crippen LogP contribution in [0.15, 0.2) is 84.3 Å². The van der Waals surface area contributed by atoms with Gasteiger partial charge in [0.15, 0.2) is 0 Å². The minimum absolute atomic E-state index is 0.101. The highest BCUT2D eigenvalue weighted by atomic mass is 16.5. The van der Waals surface area contributed by atoms with Gasteiger partial charge in [-0.15, -0.1) is 0 Å².